The van der Waals surface area contributed by atoms with Gasteiger partial charge in [0.25, 0.3) is 0 Å². The summed E-state index contributed by atoms with van der Waals surface area (Å²) in [4.78, 5) is 75.7. The minimum Gasteiger partial charge on any atom is -0.481 e. The van der Waals surface area contributed by atoms with Gasteiger partial charge in [0.2, 0.25) is 5.91 Å². The summed E-state index contributed by atoms with van der Waals surface area (Å²) < 4.78 is 19.9. The maximum atomic E-state index is 13.8. The second-order valence-electron chi connectivity index (χ2n) is 12.9. The number of benzene rings is 1. The van der Waals surface area contributed by atoms with Crippen LogP contribution in [0.25, 0.3) is 0 Å². The number of carbonyl (C=O) groups excluding carboxylic acids is 5. The Hall–Kier alpha value is -4.96. The quantitative estimate of drug-likeness (QED) is 0.0253. The Morgan fingerprint density at radius 2 is 1.56 bits per heavy atom. The van der Waals surface area contributed by atoms with Crippen molar-refractivity contribution >= 4 is 35.6 Å². The number of allylic oxidation sites excluding steroid dienone is 1. The van der Waals surface area contributed by atoms with Crippen LogP contribution in [0.4, 0.5) is 0 Å². The molecule has 0 saturated heterocycles. The number of carboxylic acids is 1. The molecule has 54 heavy (non-hydrogen) atoms. The summed E-state index contributed by atoms with van der Waals surface area (Å²) in [6.07, 6.45) is 11.4. The Balaban J connectivity index is 3.11. The van der Waals surface area contributed by atoms with Crippen molar-refractivity contribution in [2.75, 3.05) is 27.4 Å². The normalized spacial score (nSPS) is 13.0. The average molecular weight is 756 g/mol. The number of amides is 1. The molecular weight excluding hydrogens is 698 g/mol. The van der Waals surface area contributed by atoms with E-state index in [4.69, 9.17) is 14.2 Å². The number of methoxy groups -OCH3 is 2. The topological polar surface area (TPSA) is 192 Å². The van der Waals surface area contributed by atoms with Crippen LogP contribution in [0.1, 0.15) is 103 Å². The number of carboxylic acid groups (broad SMARTS) is 1. The van der Waals surface area contributed by atoms with Crippen molar-refractivity contribution < 1.29 is 57.9 Å². The molecule has 0 bridgehead atoms. The van der Waals surface area contributed by atoms with E-state index < -0.39 is 60.4 Å². The van der Waals surface area contributed by atoms with Crippen LogP contribution in [0.3, 0.4) is 0 Å². The van der Waals surface area contributed by atoms with Crippen molar-refractivity contribution in [2.45, 2.75) is 115 Å². The summed E-state index contributed by atoms with van der Waals surface area (Å²) in [5.41, 5.74) is -2.66. The van der Waals surface area contributed by atoms with Gasteiger partial charge in [-0.15, -0.1) is 5.92 Å². The maximum Gasteiger partial charge on any atom is 0.337 e. The molecule has 0 unspecified atom stereocenters. The Morgan fingerprint density at radius 1 is 0.926 bits per heavy atom. The number of ether oxygens (including phenoxy) is 4. The van der Waals surface area contributed by atoms with E-state index in [1.165, 1.54) is 18.6 Å². The molecule has 13 nitrogen and oxygen atoms in total. The van der Waals surface area contributed by atoms with E-state index in [9.17, 15) is 39.0 Å². The molecule has 1 rings (SSSR count). The molecule has 298 valence electrons. The van der Waals surface area contributed by atoms with Gasteiger partial charge in [0, 0.05) is 19.3 Å². The molecule has 1 aromatic rings. The highest BCUT2D eigenvalue weighted by Crippen LogP contribution is 2.27. The van der Waals surface area contributed by atoms with E-state index >= 15 is 0 Å². The number of Topliss-reactive ketones (excluding diaryl/α,β-unsaturated/α-hetero) is 1. The zero-order valence-electron chi connectivity index (χ0n) is 32.1. The third kappa shape index (κ3) is 18.2. The van der Waals surface area contributed by atoms with E-state index in [-0.39, 0.29) is 24.4 Å². The molecule has 0 aliphatic heterocycles. The highest BCUT2D eigenvalue weighted by atomic mass is 16.5. The Labute approximate surface area is 318 Å². The number of aliphatic hydroxyl groups is 1. The summed E-state index contributed by atoms with van der Waals surface area (Å²) in [5.74, 6) is -1.47. The van der Waals surface area contributed by atoms with Crippen molar-refractivity contribution in [1.29, 1.82) is 0 Å². The molecule has 0 aliphatic carbocycles. The van der Waals surface area contributed by atoms with E-state index in [1.54, 1.807) is 31.2 Å². The van der Waals surface area contributed by atoms with Crippen molar-refractivity contribution in [3.05, 3.63) is 54.1 Å². The van der Waals surface area contributed by atoms with Crippen LogP contribution in [0, 0.1) is 17.8 Å². The molecule has 0 saturated carbocycles. The molecule has 1 amide bonds. The fourth-order valence-corrected chi connectivity index (χ4v) is 5.39. The predicted octanol–water partition coefficient (Wildman–Crippen LogP) is 5.21. The molecule has 3 atom stereocenters. The second kappa shape index (κ2) is 26.7. The molecule has 13 heteroatoms. The number of nitrogens with one attached hydrogen (secondary N) is 1. The Morgan fingerprint density at radius 3 is 2.13 bits per heavy atom. The molecule has 0 heterocycles. The van der Waals surface area contributed by atoms with Gasteiger partial charge in [0.1, 0.15) is 30.8 Å². The first-order valence-corrected chi connectivity index (χ1v) is 18.4. The average Bonchev–Trinajstić information content (AvgIpc) is 3.15. The molecule has 0 aromatic heterocycles. The van der Waals surface area contributed by atoms with Gasteiger partial charge < -0.3 is 34.5 Å². The van der Waals surface area contributed by atoms with Crippen LogP contribution >= 0.6 is 0 Å². The minimum atomic E-state index is -3.03. The second-order valence-corrected chi connectivity index (χ2v) is 12.9. The molecule has 3 N–H and O–H groups in total. The number of hydrogen-bond acceptors (Lipinski definition) is 11. The summed E-state index contributed by atoms with van der Waals surface area (Å²) in [6.45, 7) is 6.81. The van der Waals surface area contributed by atoms with Crippen molar-refractivity contribution in [2.24, 2.45) is 5.92 Å². The number of unbranched alkanes of at least 4 members (excludes halogenated alkanes) is 8. The van der Waals surface area contributed by atoms with E-state index in [1.807, 2.05) is 0 Å². The van der Waals surface area contributed by atoms with Crippen molar-refractivity contribution in [1.82, 2.24) is 5.32 Å². The van der Waals surface area contributed by atoms with Gasteiger partial charge in [-0.05, 0) is 50.3 Å². The summed E-state index contributed by atoms with van der Waals surface area (Å²) in [6, 6.07) is 5.36. The summed E-state index contributed by atoms with van der Waals surface area (Å²) in [7, 11) is 2.22. The molecule has 0 spiro atoms. The minimum absolute atomic E-state index is 0.0611. The fourth-order valence-electron chi connectivity index (χ4n) is 5.39. The highest BCUT2D eigenvalue weighted by Gasteiger charge is 2.49. The zero-order valence-corrected chi connectivity index (χ0v) is 32.1. The number of carbonyl (C=O) groups is 6. The number of ketones is 1. The van der Waals surface area contributed by atoms with E-state index in [2.05, 4.69) is 35.4 Å². The first-order valence-electron chi connectivity index (χ1n) is 18.4. The third-order valence-electron chi connectivity index (χ3n) is 8.58. The summed E-state index contributed by atoms with van der Waals surface area (Å²) >= 11 is 0. The largest absolute Gasteiger partial charge is 0.481 e. The van der Waals surface area contributed by atoms with Crippen LogP contribution in [0.5, 0.6) is 5.75 Å². The SMILES string of the molecule is C=C(COC(=O)C[C@@](O)(C(=O)O)[C@H](/C=C/CCCCCCC(=O)CCCCCCC)C(=O)N[C@@H](Cc1ccc(OCC#CC)cc1)C(=O)OC)C(=O)OC. The van der Waals surface area contributed by atoms with Gasteiger partial charge in [-0.25, -0.2) is 14.4 Å². The first kappa shape index (κ1) is 47.1. The van der Waals surface area contributed by atoms with Gasteiger partial charge in [-0.3, -0.25) is 14.4 Å². The van der Waals surface area contributed by atoms with Crippen molar-refractivity contribution in [3.8, 4) is 17.6 Å². The van der Waals surface area contributed by atoms with Crippen LogP contribution < -0.4 is 10.1 Å². The van der Waals surface area contributed by atoms with Gasteiger partial charge in [0.05, 0.1) is 32.1 Å². The van der Waals surface area contributed by atoms with Gasteiger partial charge in [0.15, 0.2) is 5.60 Å². The zero-order chi connectivity index (χ0) is 40.4. The fraction of sp³-hybridized carbons (Fsp3) is 0.561. The van der Waals surface area contributed by atoms with Crippen LogP contribution in [-0.2, 0) is 49.4 Å². The lowest BCUT2D eigenvalue weighted by atomic mass is 9.82. The van der Waals surface area contributed by atoms with Crippen LogP contribution in [0.2, 0.25) is 0 Å². The standard InChI is InChI=1S/C41H57NO12/c1-6-8-10-13-16-19-32(43)20-17-14-11-12-15-18-21-34(41(50,40(48)49)28-36(44)54-29-30(3)38(46)51-4)37(45)42-35(39(47)52-5)27-31-22-24-33(25-23-31)53-26-9-7-2/h18,21-25,34-35,50H,3,6,8,10-17,19-20,26-29H2,1-2,4-5H3,(H,42,45)(H,48,49)/b21-18+/t34-,35+,41+/m1/s1. The lowest BCUT2D eigenvalue weighted by Crippen LogP contribution is -2.55. The predicted molar refractivity (Wildman–Crippen MR) is 201 cm³/mol. The summed E-state index contributed by atoms with van der Waals surface area (Å²) in [5, 5.41) is 24.1. The molecule has 1 aromatic carbocycles. The maximum absolute atomic E-state index is 13.8. The van der Waals surface area contributed by atoms with E-state index in [0.717, 1.165) is 59.2 Å². The number of aliphatic carboxylic acids is 1. The van der Waals surface area contributed by atoms with Crippen molar-refractivity contribution in [3.63, 3.8) is 0 Å². The Kier molecular flexibility index (Phi) is 23.3. The molecular formula is C41H57NO12. The highest BCUT2D eigenvalue weighted by molar-refractivity contribution is 5.95. The molecule has 0 fully saturated rings. The third-order valence-corrected chi connectivity index (χ3v) is 8.58. The smallest absolute Gasteiger partial charge is 0.337 e. The number of esters is 3. The van der Waals surface area contributed by atoms with Gasteiger partial charge >= 0.3 is 23.9 Å². The lowest BCUT2D eigenvalue weighted by molar-refractivity contribution is -0.174. The Bertz CT molecular complexity index is 1470. The monoisotopic (exact) mass is 755 g/mol. The van der Waals surface area contributed by atoms with Gasteiger partial charge in [-0.2, -0.15) is 0 Å². The van der Waals surface area contributed by atoms with E-state index in [0.29, 0.717) is 37.0 Å². The number of hydrogen-bond donors (Lipinski definition) is 3. The lowest BCUT2D eigenvalue weighted by Gasteiger charge is -2.30. The number of rotatable bonds is 28. The molecule has 0 aliphatic rings. The van der Waals surface area contributed by atoms with Gasteiger partial charge in [-0.1, -0.05) is 82.2 Å². The first-order chi connectivity index (χ1) is 25.8. The van der Waals surface area contributed by atoms with Crippen LogP contribution in [0.15, 0.2) is 48.6 Å². The molecule has 0 radical (unpaired) electrons. The van der Waals surface area contributed by atoms with Crippen LogP contribution in [-0.4, -0.2) is 84.9 Å².